The van der Waals surface area contributed by atoms with E-state index in [1.165, 1.54) is 11.3 Å². The molecule has 0 fully saturated rings. The van der Waals surface area contributed by atoms with Crippen molar-refractivity contribution in [1.82, 2.24) is 4.98 Å². The first-order valence-electron chi connectivity index (χ1n) is 5.74. The van der Waals surface area contributed by atoms with Gasteiger partial charge in [0.25, 0.3) is 0 Å². The van der Waals surface area contributed by atoms with Gasteiger partial charge in [0.15, 0.2) is 0 Å². The molecule has 1 rings (SSSR count). The van der Waals surface area contributed by atoms with Crippen molar-refractivity contribution in [2.75, 3.05) is 13.2 Å². The van der Waals surface area contributed by atoms with Gasteiger partial charge >= 0.3 is 5.97 Å². The minimum atomic E-state index is -0.397. The zero-order valence-corrected chi connectivity index (χ0v) is 11.6. The molecule has 0 bridgehead atoms. The number of hydrogen-bond acceptors (Lipinski definition) is 5. The van der Waals surface area contributed by atoms with E-state index in [1.807, 2.05) is 26.2 Å². The topological polar surface area (TPSA) is 48.4 Å². The van der Waals surface area contributed by atoms with Crippen LogP contribution in [0.4, 0.5) is 0 Å². The van der Waals surface area contributed by atoms with Gasteiger partial charge < -0.3 is 9.47 Å². The first kappa shape index (κ1) is 14.1. The lowest BCUT2D eigenvalue weighted by Gasteiger charge is -2.21. The Balaban J connectivity index is 2.68. The van der Waals surface area contributed by atoms with Crippen molar-refractivity contribution in [3.05, 3.63) is 16.1 Å². The molecule has 0 saturated carbocycles. The molecule has 0 unspecified atom stereocenters. The molecule has 0 saturated heterocycles. The highest BCUT2D eigenvalue weighted by atomic mass is 32.1. The number of carbonyl (C=O) groups is 1. The second kappa shape index (κ2) is 6.12. The third-order valence-corrected chi connectivity index (χ3v) is 3.40. The van der Waals surface area contributed by atoms with Crippen LogP contribution in [0, 0.1) is 0 Å². The average molecular weight is 257 g/mol. The maximum atomic E-state index is 11.3. The Kier molecular flexibility index (Phi) is 5.08. The quantitative estimate of drug-likeness (QED) is 0.735. The fraction of sp³-hybridized carbons (Fsp3) is 0.667. The van der Waals surface area contributed by atoms with Crippen molar-refractivity contribution < 1.29 is 14.3 Å². The highest BCUT2D eigenvalue weighted by Crippen LogP contribution is 2.27. The third kappa shape index (κ3) is 4.09. The number of esters is 1. The normalized spacial score (nSPS) is 11.5. The molecule has 0 aromatic carbocycles. The van der Waals surface area contributed by atoms with Crippen LogP contribution in [0.2, 0.25) is 0 Å². The fourth-order valence-corrected chi connectivity index (χ4v) is 2.34. The van der Waals surface area contributed by atoms with Gasteiger partial charge in [0.05, 0.1) is 18.7 Å². The molecule has 4 nitrogen and oxygen atoms in total. The number of ether oxygens (including phenoxy) is 2. The van der Waals surface area contributed by atoms with Gasteiger partial charge in [-0.2, -0.15) is 0 Å². The molecule has 1 heterocycles. The maximum Gasteiger partial charge on any atom is 0.311 e. The molecule has 0 aliphatic rings. The average Bonchev–Trinajstić information content (AvgIpc) is 2.67. The van der Waals surface area contributed by atoms with Crippen LogP contribution in [0.15, 0.2) is 5.38 Å². The Morgan fingerprint density at radius 3 is 2.71 bits per heavy atom. The van der Waals surface area contributed by atoms with Crippen LogP contribution >= 0.6 is 11.3 Å². The van der Waals surface area contributed by atoms with Crippen molar-refractivity contribution in [1.29, 1.82) is 0 Å². The Labute approximate surface area is 106 Å². The number of aromatic nitrogens is 1. The molecule has 0 spiro atoms. The van der Waals surface area contributed by atoms with Crippen LogP contribution < -0.4 is 0 Å². The zero-order chi connectivity index (χ0) is 12.9. The summed E-state index contributed by atoms with van der Waals surface area (Å²) in [5.74, 6) is -0.237. The van der Waals surface area contributed by atoms with Crippen molar-refractivity contribution in [2.24, 2.45) is 0 Å². The van der Waals surface area contributed by atoms with E-state index in [4.69, 9.17) is 9.47 Å². The minimum Gasteiger partial charge on any atom is -0.466 e. The van der Waals surface area contributed by atoms with Gasteiger partial charge in [-0.15, -0.1) is 11.3 Å². The van der Waals surface area contributed by atoms with Crippen LogP contribution in [-0.4, -0.2) is 24.2 Å². The van der Waals surface area contributed by atoms with Crippen molar-refractivity contribution in [2.45, 2.75) is 39.7 Å². The molecule has 0 atom stereocenters. The van der Waals surface area contributed by atoms with E-state index in [0.717, 1.165) is 10.7 Å². The molecule has 0 aliphatic carbocycles. The van der Waals surface area contributed by atoms with Crippen molar-refractivity contribution >= 4 is 17.3 Å². The molecule has 1 aromatic heterocycles. The second-order valence-corrected chi connectivity index (χ2v) is 4.93. The Morgan fingerprint density at radius 2 is 2.12 bits per heavy atom. The Morgan fingerprint density at radius 1 is 1.41 bits per heavy atom. The van der Waals surface area contributed by atoms with Crippen LogP contribution in [0.5, 0.6) is 0 Å². The summed E-state index contributed by atoms with van der Waals surface area (Å²) >= 11 is 1.51. The van der Waals surface area contributed by atoms with E-state index in [1.54, 1.807) is 6.92 Å². The van der Waals surface area contributed by atoms with Crippen LogP contribution in [0.1, 0.15) is 38.4 Å². The second-order valence-electron chi connectivity index (χ2n) is 4.07. The van der Waals surface area contributed by atoms with Crippen molar-refractivity contribution in [3.8, 4) is 0 Å². The molecule has 0 radical (unpaired) electrons. The van der Waals surface area contributed by atoms with Crippen molar-refractivity contribution in [3.63, 3.8) is 0 Å². The summed E-state index contributed by atoms with van der Waals surface area (Å²) in [5.41, 5.74) is 0.350. The molecular weight excluding hydrogens is 238 g/mol. The molecule has 5 heteroatoms. The van der Waals surface area contributed by atoms with E-state index in [2.05, 4.69) is 4.98 Å². The molecule has 96 valence electrons. The number of hydrogen-bond donors (Lipinski definition) is 0. The predicted octanol–water partition coefficient (Wildman–Crippen LogP) is 2.52. The predicted molar refractivity (Wildman–Crippen MR) is 67.1 cm³/mol. The molecule has 1 aromatic rings. The van der Waals surface area contributed by atoms with Gasteiger partial charge in [-0.25, -0.2) is 4.98 Å². The van der Waals surface area contributed by atoms with E-state index < -0.39 is 5.60 Å². The first-order chi connectivity index (χ1) is 7.99. The summed E-state index contributed by atoms with van der Waals surface area (Å²) in [6.45, 7) is 8.74. The largest absolute Gasteiger partial charge is 0.466 e. The summed E-state index contributed by atoms with van der Waals surface area (Å²) < 4.78 is 10.5. The van der Waals surface area contributed by atoms with Gasteiger partial charge in [0.2, 0.25) is 0 Å². The number of carbonyl (C=O) groups excluding carboxylic acids is 1. The monoisotopic (exact) mass is 257 g/mol. The van der Waals surface area contributed by atoms with E-state index in [-0.39, 0.29) is 12.4 Å². The molecule has 0 N–H and O–H groups in total. The highest BCUT2D eigenvalue weighted by molar-refractivity contribution is 7.09. The summed E-state index contributed by atoms with van der Waals surface area (Å²) in [6.07, 6.45) is 0.229. The van der Waals surface area contributed by atoms with Crippen LogP contribution in [-0.2, 0) is 26.3 Å². The summed E-state index contributed by atoms with van der Waals surface area (Å²) in [5, 5.41) is 2.77. The first-order valence-corrected chi connectivity index (χ1v) is 6.62. The number of rotatable bonds is 6. The lowest BCUT2D eigenvalue weighted by atomic mass is 10.1. The smallest absolute Gasteiger partial charge is 0.311 e. The van der Waals surface area contributed by atoms with E-state index in [9.17, 15) is 4.79 Å². The SMILES string of the molecule is CCOC(=O)Cc1csc(C(C)(C)OCC)n1. The van der Waals surface area contributed by atoms with Gasteiger partial charge in [0, 0.05) is 12.0 Å². The fourth-order valence-electron chi connectivity index (χ4n) is 1.45. The minimum absolute atomic E-state index is 0.229. The summed E-state index contributed by atoms with van der Waals surface area (Å²) in [7, 11) is 0. The third-order valence-electron chi connectivity index (χ3n) is 2.20. The van der Waals surface area contributed by atoms with E-state index >= 15 is 0 Å². The zero-order valence-electron chi connectivity index (χ0n) is 10.8. The molecule has 0 aliphatic heterocycles. The summed E-state index contributed by atoms with van der Waals surface area (Å²) in [4.78, 5) is 15.7. The lowest BCUT2D eigenvalue weighted by Crippen LogP contribution is -2.21. The molecule has 0 amide bonds. The standard InChI is InChI=1S/C12H19NO3S/c1-5-15-10(14)7-9-8-17-11(13-9)12(3,4)16-6-2/h8H,5-7H2,1-4H3. The van der Waals surface area contributed by atoms with Crippen LogP contribution in [0.25, 0.3) is 0 Å². The van der Waals surface area contributed by atoms with Gasteiger partial charge in [-0.3, -0.25) is 4.79 Å². The number of nitrogens with zero attached hydrogens (tertiary/aromatic N) is 1. The number of thiazole rings is 1. The van der Waals surface area contributed by atoms with Crippen LogP contribution in [0.3, 0.4) is 0 Å². The Bertz CT molecular complexity index is 374. The van der Waals surface area contributed by atoms with Gasteiger partial charge in [-0.05, 0) is 27.7 Å². The molecular formula is C12H19NO3S. The lowest BCUT2D eigenvalue weighted by molar-refractivity contribution is -0.142. The highest BCUT2D eigenvalue weighted by Gasteiger charge is 2.24. The van der Waals surface area contributed by atoms with Gasteiger partial charge in [-0.1, -0.05) is 0 Å². The molecule has 17 heavy (non-hydrogen) atoms. The van der Waals surface area contributed by atoms with E-state index in [0.29, 0.717) is 13.2 Å². The van der Waals surface area contributed by atoms with Gasteiger partial charge in [0.1, 0.15) is 10.6 Å². The Hall–Kier alpha value is -0.940. The summed E-state index contributed by atoms with van der Waals surface area (Å²) in [6, 6.07) is 0. The maximum absolute atomic E-state index is 11.3.